The standard InChI is InChI=1S/C18H24N4O2/c1-24-15-4-5-17-16(10-20-22(17)12-15)18(23)21-8-2-3-14(11-21)13-6-7-19-9-13/h4-5,10,12-14,19H,2-3,6-9,11H2,1H3. The Labute approximate surface area is 141 Å². The quantitative estimate of drug-likeness (QED) is 0.933. The van der Waals surface area contributed by atoms with Crippen LogP contribution < -0.4 is 10.1 Å². The number of hydrogen-bond acceptors (Lipinski definition) is 4. The molecule has 0 saturated carbocycles. The van der Waals surface area contributed by atoms with Crippen LogP contribution in [0.1, 0.15) is 29.6 Å². The van der Waals surface area contributed by atoms with E-state index in [9.17, 15) is 4.79 Å². The Morgan fingerprint density at radius 3 is 3.04 bits per heavy atom. The SMILES string of the molecule is COc1ccc2c(C(=O)N3CCCC(C4CCNC4)C3)cnn2c1. The van der Waals surface area contributed by atoms with Crippen LogP contribution in [0.25, 0.3) is 5.52 Å². The first-order valence-electron chi connectivity index (χ1n) is 8.77. The molecule has 4 heterocycles. The molecular weight excluding hydrogens is 304 g/mol. The molecule has 1 amide bonds. The highest BCUT2D eigenvalue weighted by Gasteiger charge is 2.32. The Kier molecular flexibility index (Phi) is 4.14. The number of methoxy groups -OCH3 is 1. The van der Waals surface area contributed by atoms with Crippen molar-refractivity contribution in [2.24, 2.45) is 11.8 Å². The molecule has 0 bridgehead atoms. The molecule has 0 aliphatic carbocycles. The van der Waals surface area contributed by atoms with E-state index in [2.05, 4.69) is 10.4 Å². The summed E-state index contributed by atoms with van der Waals surface area (Å²) in [5.41, 5.74) is 1.52. The Bertz CT molecular complexity index is 736. The van der Waals surface area contributed by atoms with Gasteiger partial charge in [-0.25, -0.2) is 4.52 Å². The number of rotatable bonds is 3. The van der Waals surface area contributed by atoms with Gasteiger partial charge < -0.3 is 15.0 Å². The van der Waals surface area contributed by atoms with Crippen molar-refractivity contribution < 1.29 is 9.53 Å². The number of piperidine rings is 1. The second kappa shape index (κ2) is 6.43. The lowest BCUT2D eigenvalue weighted by Crippen LogP contribution is -2.42. The summed E-state index contributed by atoms with van der Waals surface area (Å²) in [6, 6.07) is 3.78. The predicted octanol–water partition coefficient (Wildman–Crippen LogP) is 1.80. The van der Waals surface area contributed by atoms with Gasteiger partial charge in [0.05, 0.1) is 30.6 Å². The largest absolute Gasteiger partial charge is 0.495 e. The van der Waals surface area contributed by atoms with Crippen LogP contribution in [0, 0.1) is 11.8 Å². The lowest BCUT2D eigenvalue weighted by molar-refractivity contribution is 0.0636. The van der Waals surface area contributed by atoms with Gasteiger partial charge in [-0.3, -0.25) is 4.79 Å². The Balaban J connectivity index is 1.54. The van der Waals surface area contributed by atoms with Crippen LogP contribution in [0.15, 0.2) is 24.5 Å². The van der Waals surface area contributed by atoms with Gasteiger partial charge in [-0.1, -0.05) is 0 Å². The topological polar surface area (TPSA) is 58.9 Å². The summed E-state index contributed by atoms with van der Waals surface area (Å²) < 4.78 is 6.93. The maximum Gasteiger partial charge on any atom is 0.257 e. The molecule has 1 N–H and O–H groups in total. The number of likely N-dealkylation sites (tertiary alicyclic amines) is 1. The van der Waals surface area contributed by atoms with E-state index in [1.807, 2.05) is 17.0 Å². The highest BCUT2D eigenvalue weighted by molar-refractivity contribution is 6.00. The number of nitrogens with zero attached hydrogens (tertiary/aromatic N) is 3. The number of nitrogens with one attached hydrogen (secondary N) is 1. The average molecular weight is 328 g/mol. The van der Waals surface area contributed by atoms with E-state index >= 15 is 0 Å². The summed E-state index contributed by atoms with van der Waals surface area (Å²) in [5.74, 6) is 2.18. The average Bonchev–Trinajstić information content (AvgIpc) is 3.30. The normalized spacial score (nSPS) is 24.5. The molecule has 2 aromatic heterocycles. The van der Waals surface area contributed by atoms with Crippen molar-refractivity contribution in [3.05, 3.63) is 30.1 Å². The summed E-state index contributed by atoms with van der Waals surface area (Å²) in [6.07, 6.45) is 7.05. The van der Waals surface area contributed by atoms with E-state index in [-0.39, 0.29) is 5.91 Å². The van der Waals surface area contributed by atoms with E-state index in [1.54, 1.807) is 24.0 Å². The van der Waals surface area contributed by atoms with Gasteiger partial charge in [-0.2, -0.15) is 5.10 Å². The second-order valence-electron chi connectivity index (χ2n) is 6.86. The van der Waals surface area contributed by atoms with Crippen molar-refractivity contribution in [1.29, 1.82) is 0 Å². The van der Waals surface area contributed by atoms with Crippen LogP contribution in [0.4, 0.5) is 0 Å². The van der Waals surface area contributed by atoms with Crippen LogP contribution in [0.2, 0.25) is 0 Å². The molecule has 2 aliphatic heterocycles. The van der Waals surface area contributed by atoms with Gasteiger partial charge in [0, 0.05) is 13.1 Å². The van der Waals surface area contributed by atoms with Gasteiger partial charge in [0.1, 0.15) is 5.75 Å². The molecular formula is C18H24N4O2. The third-order valence-electron chi connectivity index (χ3n) is 5.47. The molecule has 6 nitrogen and oxygen atoms in total. The van der Waals surface area contributed by atoms with Crippen molar-refractivity contribution in [3.63, 3.8) is 0 Å². The minimum atomic E-state index is 0.103. The van der Waals surface area contributed by atoms with Crippen molar-refractivity contribution in [1.82, 2.24) is 19.8 Å². The second-order valence-corrected chi connectivity index (χ2v) is 6.86. The van der Waals surface area contributed by atoms with E-state index in [0.29, 0.717) is 17.4 Å². The van der Waals surface area contributed by atoms with E-state index in [1.165, 1.54) is 12.8 Å². The van der Waals surface area contributed by atoms with E-state index in [0.717, 1.165) is 43.9 Å². The molecule has 2 atom stereocenters. The first-order valence-corrected chi connectivity index (χ1v) is 8.77. The molecule has 2 unspecified atom stereocenters. The number of carbonyl (C=O) groups excluding carboxylic acids is 1. The van der Waals surface area contributed by atoms with Gasteiger partial charge in [0.15, 0.2) is 0 Å². The molecule has 0 aromatic carbocycles. The molecule has 24 heavy (non-hydrogen) atoms. The molecule has 0 spiro atoms. The minimum absolute atomic E-state index is 0.103. The van der Waals surface area contributed by atoms with Crippen LogP contribution in [-0.2, 0) is 0 Å². The Morgan fingerprint density at radius 2 is 2.25 bits per heavy atom. The zero-order chi connectivity index (χ0) is 16.5. The summed E-state index contributed by atoms with van der Waals surface area (Å²) in [4.78, 5) is 15.0. The van der Waals surface area contributed by atoms with E-state index in [4.69, 9.17) is 4.74 Å². The first kappa shape index (κ1) is 15.4. The zero-order valence-electron chi connectivity index (χ0n) is 14.1. The van der Waals surface area contributed by atoms with Gasteiger partial charge in [0.25, 0.3) is 5.91 Å². The monoisotopic (exact) mass is 328 g/mol. The number of carbonyl (C=O) groups is 1. The molecule has 128 valence electrons. The van der Waals surface area contributed by atoms with E-state index < -0.39 is 0 Å². The lowest BCUT2D eigenvalue weighted by atomic mass is 9.85. The predicted molar refractivity (Wildman–Crippen MR) is 91.3 cm³/mol. The van der Waals surface area contributed by atoms with Crippen molar-refractivity contribution in [3.8, 4) is 5.75 Å². The molecule has 2 fully saturated rings. The highest BCUT2D eigenvalue weighted by Crippen LogP contribution is 2.29. The first-order chi connectivity index (χ1) is 11.8. The van der Waals surface area contributed by atoms with Crippen LogP contribution in [0.5, 0.6) is 5.75 Å². The fourth-order valence-corrected chi connectivity index (χ4v) is 4.08. The maximum atomic E-state index is 13.0. The Morgan fingerprint density at radius 1 is 1.33 bits per heavy atom. The summed E-state index contributed by atoms with van der Waals surface area (Å²) in [7, 11) is 1.63. The van der Waals surface area contributed by atoms with Gasteiger partial charge in [-0.15, -0.1) is 0 Å². The number of pyridine rings is 1. The van der Waals surface area contributed by atoms with Crippen LogP contribution in [-0.4, -0.2) is 53.7 Å². The number of fused-ring (bicyclic) bond motifs is 1. The summed E-state index contributed by atoms with van der Waals surface area (Å²) in [5, 5.41) is 7.77. The minimum Gasteiger partial charge on any atom is -0.495 e. The van der Waals surface area contributed by atoms with Gasteiger partial charge in [0.2, 0.25) is 0 Å². The molecule has 2 aliphatic rings. The highest BCUT2D eigenvalue weighted by atomic mass is 16.5. The Hall–Kier alpha value is -2.08. The number of hydrogen-bond donors (Lipinski definition) is 1. The fraction of sp³-hybridized carbons (Fsp3) is 0.556. The molecule has 4 rings (SSSR count). The fourth-order valence-electron chi connectivity index (χ4n) is 4.08. The molecule has 0 radical (unpaired) electrons. The smallest absolute Gasteiger partial charge is 0.257 e. The number of ether oxygens (including phenoxy) is 1. The van der Waals surface area contributed by atoms with Gasteiger partial charge in [-0.05, 0) is 56.3 Å². The van der Waals surface area contributed by atoms with Crippen molar-refractivity contribution in [2.75, 3.05) is 33.3 Å². The third kappa shape index (κ3) is 2.75. The zero-order valence-corrected chi connectivity index (χ0v) is 14.1. The van der Waals surface area contributed by atoms with Crippen LogP contribution >= 0.6 is 0 Å². The molecule has 6 heteroatoms. The van der Waals surface area contributed by atoms with Crippen molar-refractivity contribution >= 4 is 11.4 Å². The van der Waals surface area contributed by atoms with Crippen molar-refractivity contribution in [2.45, 2.75) is 19.3 Å². The number of amides is 1. The number of aromatic nitrogens is 2. The molecule has 2 saturated heterocycles. The molecule has 2 aromatic rings. The summed E-state index contributed by atoms with van der Waals surface area (Å²) in [6.45, 7) is 3.94. The maximum absolute atomic E-state index is 13.0. The summed E-state index contributed by atoms with van der Waals surface area (Å²) >= 11 is 0. The van der Waals surface area contributed by atoms with Gasteiger partial charge >= 0.3 is 0 Å². The third-order valence-corrected chi connectivity index (χ3v) is 5.47. The van der Waals surface area contributed by atoms with Crippen LogP contribution in [0.3, 0.4) is 0 Å². The lowest BCUT2D eigenvalue weighted by Gasteiger charge is -2.35.